The van der Waals surface area contributed by atoms with Crippen LogP contribution >= 0.6 is 0 Å². The lowest BCUT2D eigenvalue weighted by Crippen LogP contribution is -2.23. The largest absolute Gasteiger partial charge is 0.327 e. The van der Waals surface area contributed by atoms with Gasteiger partial charge in [-0.25, -0.2) is 0 Å². The van der Waals surface area contributed by atoms with Crippen LogP contribution in [-0.4, -0.2) is 6.04 Å². The van der Waals surface area contributed by atoms with E-state index in [9.17, 15) is 0 Å². The van der Waals surface area contributed by atoms with E-state index in [0.29, 0.717) is 11.5 Å². The predicted octanol–water partition coefficient (Wildman–Crippen LogP) is 2.41. The van der Waals surface area contributed by atoms with Crippen molar-refractivity contribution in [3.8, 4) is 0 Å². The zero-order valence-electron chi connectivity index (χ0n) is 8.22. The lowest BCUT2D eigenvalue weighted by atomic mass is 9.79. The summed E-state index contributed by atoms with van der Waals surface area (Å²) in [6.45, 7) is 9.24. The van der Waals surface area contributed by atoms with E-state index in [0.717, 1.165) is 11.8 Å². The molecule has 0 spiro atoms. The van der Waals surface area contributed by atoms with Gasteiger partial charge in [-0.15, -0.1) is 0 Å². The molecule has 3 unspecified atom stereocenters. The number of hydrogen-bond acceptors (Lipinski definition) is 1. The second kappa shape index (κ2) is 2.78. The van der Waals surface area contributed by atoms with E-state index in [1.165, 1.54) is 12.8 Å². The van der Waals surface area contributed by atoms with Gasteiger partial charge in [-0.1, -0.05) is 27.7 Å². The molecular formula is C10H21N. The molecule has 0 aliphatic heterocycles. The molecule has 0 aromatic carbocycles. The van der Waals surface area contributed by atoms with Crippen LogP contribution in [0.5, 0.6) is 0 Å². The Morgan fingerprint density at radius 2 is 1.73 bits per heavy atom. The number of hydrogen-bond donors (Lipinski definition) is 1. The molecule has 1 rings (SSSR count). The van der Waals surface area contributed by atoms with E-state index in [1.807, 2.05) is 0 Å². The second-order valence-corrected chi connectivity index (χ2v) is 5.18. The molecular weight excluding hydrogens is 134 g/mol. The second-order valence-electron chi connectivity index (χ2n) is 5.18. The molecule has 0 heterocycles. The van der Waals surface area contributed by atoms with Gasteiger partial charge in [0.1, 0.15) is 0 Å². The van der Waals surface area contributed by atoms with Crippen molar-refractivity contribution >= 4 is 0 Å². The molecule has 1 nitrogen and oxygen atoms in total. The molecule has 1 fully saturated rings. The quantitative estimate of drug-likeness (QED) is 0.571. The van der Waals surface area contributed by atoms with Crippen molar-refractivity contribution in [2.24, 2.45) is 23.0 Å². The van der Waals surface area contributed by atoms with E-state index in [1.54, 1.807) is 0 Å². The van der Waals surface area contributed by atoms with Gasteiger partial charge in [0.05, 0.1) is 0 Å². The van der Waals surface area contributed by atoms with Crippen molar-refractivity contribution in [3.63, 3.8) is 0 Å². The van der Waals surface area contributed by atoms with Crippen LogP contribution in [0, 0.1) is 17.3 Å². The molecule has 0 aromatic heterocycles. The van der Waals surface area contributed by atoms with Crippen LogP contribution in [0.2, 0.25) is 0 Å². The Balaban J connectivity index is 2.54. The van der Waals surface area contributed by atoms with Crippen LogP contribution in [0.3, 0.4) is 0 Å². The molecule has 1 aliphatic carbocycles. The molecule has 1 saturated carbocycles. The fourth-order valence-electron chi connectivity index (χ4n) is 1.99. The normalized spacial score (nSPS) is 39.5. The summed E-state index contributed by atoms with van der Waals surface area (Å²) < 4.78 is 0. The minimum atomic E-state index is 0.458. The Labute approximate surface area is 70.4 Å². The molecule has 0 saturated heterocycles. The van der Waals surface area contributed by atoms with E-state index < -0.39 is 0 Å². The third-order valence-electron chi connectivity index (χ3n) is 3.17. The molecule has 1 heteroatoms. The van der Waals surface area contributed by atoms with Crippen molar-refractivity contribution in [2.75, 3.05) is 0 Å². The third-order valence-corrected chi connectivity index (χ3v) is 3.17. The van der Waals surface area contributed by atoms with Gasteiger partial charge in [0, 0.05) is 6.04 Å². The maximum Gasteiger partial charge on any atom is 0.00674 e. The highest BCUT2D eigenvalue weighted by Gasteiger charge is 2.35. The average molecular weight is 155 g/mol. The van der Waals surface area contributed by atoms with Gasteiger partial charge in [0.25, 0.3) is 0 Å². The van der Waals surface area contributed by atoms with Crippen molar-refractivity contribution in [1.82, 2.24) is 0 Å². The molecule has 0 bridgehead atoms. The Morgan fingerprint density at radius 1 is 1.18 bits per heavy atom. The SMILES string of the molecule is CC1CC(C(C)(C)C)CC1N. The summed E-state index contributed by atoms with van der Waals surface area (Å²) in [4.78, 5) is 0. The molecule has 3 atom stereocenters. The molecule has 0 aromatic rings. The van der Waals surface area contributed by atoms with Crippen LogP contribution in [0.4, 0.5) is 0 Å². The molecule has 66 valence electrons. The standard InChI is InChI=1S/C10H21N/c1-7-5-8(6-9(7)11)10(2,3)4/h7-9H,5-6,11H2,1-4H3. The molecule has 0 radical (unpaired) electrons. The monoisotopic (exact) mass is 155 g/mol. The fourth-order valence-corrected chi connectivity index (χ4v) is 1.99. The Bertz CT molecular complexity index is 124. The first-order chi connectivity index (χ1) is 4.91. The highest BCUT2D eigenvalue weighted by Crippen LogP contribution is 2.41. The van der Waals surface area contributed by atoms with E-state index in [2.05, 4.69) is 27.7 Å². The Kier molecular flexibility index (Phi) is 2.29. The van der Waals surface area contributed by atoms with E-state index >= 15 is 0 Å². The third kappa shape index (κ3) is 1.96. The van der Waals surface area contributed by atoms with Gasteiger partial charge in [0.15, 0.2) is 0 Å². The zero-order chi connectivity index (χ0) is 8.65. The van der Waals surface area contributed by atoms with Crippen molar-refractivity contribution in [1.29, 1.82) is 0 Å². The summed E-state index contributed by atoms with van der Waals surface area (Å²) in [6, 6.07) is 0.458. The molecule has 11 heavy (non-hydrogen) atoms. The van der Waals surface area contributed by atoms with E-state index in [-0.39, 0.29) is 0 Å². The Hall–Kier alpha value is -0.0400. The highest BCUT2D eigenvalue weighted by atomic mass is 14.7. The summed E-state index contributed by atoms with van der Waals surface area (Å²) in [5.41, 5.74) is 6.43. The van der Waals surface area contributed by atoms with Crippen molar-refractivity contribution in [2.45, 2.75) is 46.6 Å². The lowest BCUT2D eigenvalue weighted by molar-refractivity contribution is 0.240. The van der Waals surface area contributed by atoms with Crippen molar-refractivity contribution < 1.29 is 0 Å². The molecule has 1 aliphatic rings. The van der Waals surface area contributed by atoms with Crippen LogP contribution in [0.25, 0.3) is 0 Å². The fraction of sp³-hybridized carbons (Fsp3) is 1.00. The average Bonchev–Trinajstić information content (AvgIpc) is 2.11. The summed E-state index contributed by atoms with van der Waals surface area (Å²) in [6.07, 6.45) is 2.55. The van der Waals surface area contributed by atoms with Gasteiger partial charge in [-0.2, -0.15) is 0 Å². The summed E-state index contributed by atoms with van der Waals surface area (Å²) in [5, 5.41) is 0. The first-order valence-electron chi connectivity index (χ1n) is 4.67. The maximum atomic E-state index is 5.97. The van der Waals surface area contributed by atoms with Gasteiger partial charge < -0.3 is 5.73 Å². The molecule has 2 N–H and O–H groups in total. The van der Waals surface area contributed by atoms with E-state index in [4.69, 9.17) is 5.73 Å². The van der Waals surface area contributed by atoms with Gasteiger partial charge in [0.2, 0.25) is 0 Å². The molecule has 0 amide bonds. The van der Waals surface area contributed by atoms with Gasteiger partial charge in [-0.05, 0) is 30.1 Å². The predicted molar refractivity (Wildman–Crippen MR) is 49.3 cm³/mol. The van der Waals surface area contributed by atoms with Crippen LogP contribution in [-0.2, 0) is 0 Å². The minimum absolute atomic E-state index is 0.458. The van der Waals surface area contributed by atoms with Crippen LogP contribution < -0.4 is 5.73 Å². The zero-order valence-corrected chi connectivity index (χ0v) is 8.22. The first-order valence-corrected chi connectivity index (χ1v) is 4.67. The first kappa shape index (κ1) is 9.05. The van der Waals surface area contributed by atoms with Crippen molar-refractivity contribution in [3.05, 3.63) is 0 Å². The number of rotatable bonds is 0. The van der Waals surface area contributed by atoms with Gasteiger partial charge >= 0.3 is 0 Å². The summed E-state index contributed by atoms with van der Waals surface area (Å²) >= 11 is 0. The van der Waals surface area contributed by atoms with Crippen LogP contribution in [0.15, 0.2) is 0 Å². The lowest BCUT2D eigenvalue weighted by Gasteiger charge is -2.26. The minimum Gasteiger partial charge on any atom is -0.327 e. The summed E-state index contributed by atoms with van der Waals surface area (Å²) in [5.74, 6) is 1.58. The Morgan fingerprint density at radius 3 is 1.91 bits per heavy atom. The topological polar surface area (TPSA) is 26.0 Å². The smallest absolute Gasteiger partial charge is 0.00674 e. The highest BCUT2D eigenvalue weighted by molar-refractivity contribution is 4.88. The number of nitrogens with two attached hydrogens (primary N) is 1. The maximum absolute atomic E-state index is 5.97. The van der Waals surface area contributed by atoms with Gasteiger partial charge in [-0.3, -0.25) is 0 Å². The summed E-state index contributed by atoms with van der Waals surface area (Å²) in [7, 11) is 0. The van der Waals surface area contributed by atoms with Crippen LogP contribution in [0.1, 0.15) is 40.5 Å².